The molecular formula is C20H29BrN2O2. The van der Waals surface area contributed by atoms with E-state index in [2.05, 4.69) is 39.0 Å². The fraction of sp³-hybridized carbons (Fsp3) is 0.650. The summed E-state index contributed by atoms with van der Waals surface area (Å²) in [6.07, 6.45) is 5.48. The molecule has 1 amide bonds. The van der Waals surface area contributed by atoms with Crippen LogP contribution in [0.15, 0.2) is 22.7 Å². The highest BCUT2D eigenvalue weighted by molar-refractivity contribution is 9.10. The van der Waals surface area contributed by atoms with Crippen LogP contribution in [0.5, 0.6) is 0 Å². The fourth-order valence-electron chi connectivity index (χ4n) is 3.82. The minimum absolute atomic E-state index is 0.175. The molecule has 0 N–H and O–H groups in total. The van der Waals surface area contributed by atoms with Crippen LogP contribution in [-0.2, 0) is 11.2 Å². The third-order valence-corrected chi connectivity index (χ3v) is 5.50. The summed E-state index contributed by atoms with van der Waals surface area (Å²) in [7, 11) is 0. The lowest BCUT2D eigenvalue weighted by Crippen LogP contribution is -2.48. The lowest BCUT2D eigenvalue weighted by atomic mass is 10.0. The van der Waals surface area contributed by atoms with E-state index in [0.717, 1.165) is 43.4 Å². The van der Waals surface area contributed by atoms with E-state index < -0.39 is 5.60 Å². The van der Waals surface area contributed by atoms with E-state index >= 15 is 0 Å². The van der Waals surface area contributed by atoms with Crippen molar-refractivity contribution in [2.75, 3.05) is 24.5 Å². The van der Waals surface area contributed by atoms with Crippen LogP contribution in [0.25, 0.3) is 0 Å². The summed E-state index contributed by atoms with van der Waals surface area (Å²) in [5, 5.41) is 0. The molecule has 2 heterocycles. The molecule has 138 valence electrons. The Labute approximate surface area is 159 Å². The van der Waals surface area contributed by atoms with Crippen LogP contribution < -0.4 is 4.90 Å². The van der Waals surface area contributed by atoms with Gasteiger partial charge in [0.25, 0.3) is 0 Å². The number of anilines is 1. The molecule has 0 radical (unpaired) electrons. The average molecular weight is 409 g/mol. The van der Waals surface area contributed by atoms with Crippen LogP contribution in [0, 0.1) is 0 Å². The molecule has 25 heavy (non-hydrogen) atoms. The molecule has 1 aromatic carbocycles. The van der Waals surface area contributed by atoms with Gasteiger partial charge in [0.2, 0.25) is 0 Å². The molecule has 1 aromatic rings. The molecule has 0 aromatic heterocycles. The Bertz CT molecular complexity index is 619. The van der Waals surface area contributed by atoms with Crippen molar-refractivity contribution in [2.45, 2.75) is 64.5 Å². The van der Waals surface area contributed by atoms with Gasteiger partial charge in [0.05, 0.1) is 0 Å². The molecule has 3 rings (SSSR count). The number of rotatable bonds is 1. The Kier molecular flexibility index (Phi) is 5.62. The Morgan fingerprint density at radius 1 is 1.16 bits per heavy atom. The van der Waals surface area contributed by atoms with Crippen molar-refractivity contribution < 1.29 is 9.53 Å². The van der Waals surface area contributed by atoms with Crippen LogP contribution in [0.1, 0.15) is 52.0 Å². The summed E-state index contributed by atoms with van der Waals surface area (Å²) in [6, 6.07) is 7.18. The Morgan fingerprint density at radius 3 is 2.56 bits per heavy atom. The van der Waals surface area contributed by atoms with Gasteiger partial charge in [0.15, 0.2) is 0 Å². The number of likely N-dealkylation sites (tertiary alicyclic amines) is 1. The topological polar surface area (TPSA) is 32.8 Å². The van der Waals surface area contributed by atoms with Crippen LogP contribution in [0.3, 0.4) is 0 Å². The number of piperidine rings is 1. The number of fused-ring (bicyclic) bond motifs is 1. The summed E-state index contributed by atoms with van der Waals surface area (Å²) in [4.78, 5) is 16.7. The fourth-order valence-corrected chi connectivity index (χ4v) is 4.23. The standard InChI is InChI=1S/C20H29BrN2O2/c1-20(2,3)25-19(24)22-12-9-17(10-13-22)23-11-5-4-6-15-14-16(21)7-8-18(15)23/h7-8,14,17H,4-6,9-13H2,1-3H3. The minimum Gasteiger partial charge on any atom is -0.444 e. The lowest BCUT2D eigenvalue weighted by Gasteiger charge is -2.40. The van der Waals surface area contributed by atoms with Gasteiger partial charge in [-0.2, -0.15) is 0 Å². The molecule has 0 spiro atoms. The van der Waals surface area contributed by atoms with Crippen LogP contribution in [0.4, 0.5) is 10.5 Å². The Hall–Kier alpha value is -1.23. The van der Waals surface area contributed by atoms with Crippen molar-refractivity contribution in [3.63, 3.8) is 0 Å². The van der Waals surface area contributed by atoms with Crippen molar-refractivity contribution in [1.82, 2.24) is 4.90 Å². The van der Waals surface area contributed by atoms with Crippen molar-refractivity contribution in [3.8, 4) is 0 Å². The van der Waals surface area contributed by atoms with Crippen molar-refractivity contribution in [3.05, 3.63) is 28.2 Å². The SMILES string of the molecule is CC(C)(C)OC(=O)N1CCC(N2CCCCc3cc(Br)ccc32)CC1. The van der Waals surface area contributed by atoms with Gasteiger partial charge in [-0.25, -0.2) is 4.79 Å². The monoisotopic (exact) mass is 408 g/mol. The van der Waals surface area contributed by atoms with Gasteiger partial charge in [-0.3, -0.25) is 0 Å². The number of ether oxygens (including phenoxy) is 1. The number of nitrogens with zero attached hydrogens (tertiary/aromatic N) is 2. The smallest absolute Gasteiger partial charge is 0.410 e. The van der Waals surface area contributed by atoms with Crippen LogP contribution in [-0.4, -0.2) is 42.3 Å². The second-order valence-electron chi connectivity index (χ2n) is 8.12. The quantitative estimate of drug-likeness (QED) is 0.655. The molecule has 4 nitrogen and oxygen atoms in total. The van der Waals surface area contributed by atoms with Gasteiger partial charge < -0.3 is 14.5 Å². The zero-order valence-corrected chi connectivity index (χ0v) is 17.1. The van der Waals surface area contributed by atoms with Gasteiger partial charge in [0.1, 0.15) is 5.60 Å². The lowest BCUT2D eigenvalue weighted by molar-refractivity contribution is 0.0204. The number of hydrogen-bond acceptors (Lipinski definition) is 3. The molecule has 0 atom stereocenters. The number of hydrogen-bond donors (Lipinski definition) is 0. The summed E-state index contributed by atoms with van der Waals surface area (Å²) >= 11 is 3.60. The predicted octanol–water partition coefficient (Wildman–Crippen LogP) is 4.99. The second-order valence-corrected chi connectivity index (χ2v) is 9.04. The molecule has 1 fully saturated rings. The summed E-state index contributed by atoms with van der Waals surface area (Å²) in [5.74, 6) is 0. The van der Waals surface area contributed by atoms with Crippen molar-refractivity contribution in [1.29, 1.82) is 0 Å². The zero-order valence-electron chi connectivity index (χ0n) is 15.6. The van der Waals surface area contributed by atoms with E-state index in [4.69, 9.17) is 4.74 Å². The maximum Gasteiger partial charge on any atom is 0.410 e. The first-order valence-corrected chi connectivity index (χ1v) is 10.2. The number of carbonyl (C=O) groups excluding carboxylic acids is 1. The molecule has 0 unspecified atom stereocenters. The van der Waals surface area contributed by atoms with Crippen molar-refractivity contribution >= 4 is 27.7 Å². The van der Waals surface area contributed by atoms with E-state index in [1.165, 1.54) is 24.1 Å². The number of aryl methyl sites for hydroxylation is 1. The molecule has 1 saturated heterocycles. The predicted molar refractivity (Wildman–Crippen MR) is 105 cm³/mol. The second kappa shape index (κ2) is 7.56. The highest BCUT2D eigenvalue weighted by Crippen LogP contribution is 2.33. The molecule has 0 saturated carbocycles. The summed E-state index contributed by atoms with van der Waals surface area (Å²) in [5.41, 5.74) is 2.41. The summed E-state index contributed by atoms with van der Waals surface area (Å²) < 4.78 is 6.68. The first-order chi connectivity index (χ1) is 11.8. The number of benzene rings is 1. The van der Waals surface area contributed by atoms with E-state index in [9.17, 15) is 4.79 Å². The van der Waals surface area contributed by atoms with Crippen LogP contribution >= 0.6 is 15.9 Å². The Balaban J connectivity index is 1.66. The maximum atomic E-state index is 12.3. The number of carbonyl (C=O) groups is 1. The molecule has 0 aliphatic carbocycles. The van der Waals surface area contributed by atoms with Gasteiger partial charge in [-0.05, 0) is 76.6 Å². The Morgan fingerprint density at radius 2 is 1.88 bits per heavy atom. The first kappa shape index (κ1) is 18.6. The van der Waals surface area contributed by atoms with Gasteiger partial charge in [-0.15, -0.1) is 0 Å². The van der Waals surface area contributed by atoms with E-state index in [1.807, 2.05) is 25.7 Å². The maximum absolute atomic E-state index is 12.3. The first-order valence-electron chi connectivity index (χ1n) is 9.36. The highest BCUT2D eigenvalue weighted by Gasteiger charge is 2.30. The number of halogens is 1. The normalized spacial score (nSPS) is 19.4. The van der Waals surface area contributed by atoms with Gasteiger partial charge in [0, 0.05) is 35.8 Å². The summed E-state index contributed by atoms with van der Waals surface area (Å²) in [6.45, 7) is 8.44. The molecule has 2 aliphatic heterocycles. The average Bonchev–Trinajstić information content (AvgIpc) is 2.75. The molecule has 2 aliphatic rings. The van der Waals surface area contributed by atoms with Gasteiger partial charge in [-0.1, -0.05) is 15.9 Å². The van der Waals surface area contributed by atoms with E-state index in [-0.39, 0.29) is 6.09 Å². The van der Waals surface area contributed by atoms with Gasteiger partial charge >= 0.3 is 6.09 Å². The number of amides is 1. The van der Waals surface area contributed by atoms with E-state index in [0.29, 0.717) is 6.04 Å². The largest absolute Gasteiger partial charge is 0.444 e. The van der Waals surface area contributed by atoms with E-state index in [1.54, 1.807) is 0 Å². The third-order valence-electron chi connectivity index (χ3n) is 5.00. The third kappa shape index (κ3) is 4.69. The molecule has 0 bridgehead atoms. The minimum atomic E-state index is -0.426. The highest BCUT2D eigenvalue weighted by atomic mass is 79.9. The molecular weight excluding hydrogens is 380 g/mol. The van der Waals surface area contributed by atoms with Crippen LogP contribution in [0.2, 0.25) is 0 Å². The molecule has 5 heteroatoms. The van der Waals surface area contributed by atoms with Crippen molar-refractivity contribution in [2.24, 2.45) is 0 Å². The zero-order chi connectivity index (χ0) is 18.0.